The first-order valence-electron chi connectivity index (χ1n) is 6.54. The summed E-state index contributed by atoms with van der Waals surface area (Å²) in [5, 5.41) is 17.4. The van der Waals surface area contributed by atoms with Crippen LogP contribution in [0.1, 0.15) is 12.8 Å². The molecule has 0 spiro atoms. The molecule has 3 rings (SSSR count). The molecule has 7 nitrogen and oxygen atoms in total. The fourth-order valence-electron chi connectivity index (χ4n) is 2.41. The second kappa shape index (κ2) is 5.28. The van der Waals surface area contributed by atoms with Crippen molar-refractivity contribution in [2.45, 2.75) is 12.8 Å². The van der Waals surface area contributed by atoms with E-state index in [1.807, 2.05) is 17.0 Å². The summed E-state index contributed by atoms with van der Waals surface area (Å²) >= 11 is 0. The molecule has 1 aliphatic heterocycles. The van der Waals surface area contributed by atoms with E-state index in [-0.39, 0.29) is 5.92 Å². The predicted molar refractivity (Wildman–Crippen MR) is 71.7 cm³/mol. The van der Waals surface area contributed by atoms with Crippen molar-refractivity contribution < 1.29 is 9.90 Å². The zero-order valence-electron chi connectivity index (χ0n) is 10.9. The number of imidazole rings is 1. The van der Waals surface area contributed by atoms with Gasteiger partial charge < -0.3 is 10.0 Å². The molecule has 7 heteroatoms. The standard InChI is InChI=1S/C13H15N5O2/c19-13(20)10-2-1-6-17(8-10)11-3-4-12(16-15-11)18-7-5-14-9-18/h3-5,7,9-10H,1-2,6,8H2,(H,19,20). The minimum Gasteiger partial charge on any atom is -0.481 e. The highest BCUT2D eigenvalue weighted by molar-refractivity contribution is 5.71. The second-order valence-corrected chi connectivity index (χ2v) is 4.84. The smallest absolute Gasteiger partial charge is 0.308 e. The van der Waals surface area contributed by atoms with Gasteiger partial charge in [-0.25, -0.2) is 4.98 Å². The maximum Gasteiger partial charge on any atom is 0.308 e. The van der Waals surface area contributed by atoms with Crippen molar-refractivity contribution in [2.24, 2.45) is 5.92 Å². The van der Waals surface area contributed by atoms with Crippen LogP contribution in [0.3, 0.4) is 0 Å². The summed E-state index contributed by atoms with van der Waals surface area (Å²) in [6, 6.07) is 3.72. The number of piperidine rings is 1. The normalized spacial score (nSPS) is 19.0. The van der Waals surface area contributed by atoms with E-state index in [0.29, 0.717) is 12.4 Å². The number of hydrogen-bond donors (Lipinski definition) is 1. The van der Waals surface area contributed by atoms with Gasteiger partial charge in [0.25, 0.3) is 0 Å². The molecule has 0 aromatic carbocycles. The van der Waals surface area contributed by atoms with Gasteiger partial charge in [0, 0.05) is 25.5 Å². The molecule has 0 radical (unpaired) electrons. The van der Waals surface area contributed by atoms with Gasteiger partial charge in [0.05, 0.1) is 5.92 Å². The van der Waals surface area contributed by atoms with E-state index in [0.717, 1.165) is 25.2 Å². The first kappa shape index (κ1) is 12.6. The molecule has 1 atom stereocenters. The average Bonchev–Trinajstić information content (AvgIpc) is 3.02. The number of aromatic nitrogens is 4. The number of carbonyl (C=O) groups is 1. The van der Waals surface area contributed by atoms with E-state index in [2.05, 4.69) is 15.2 Å². The molecule has 3 heterocycles. The molecule has 1 N–H and O–H groups in total. The number of nitrogens with zero attached hydrogens (tertiary/aromatic N) is 5. The third-order valence-corrected chi connectivity index (χ3v) is 3.50. The number of aliphatic carboxylic acids is 1. The fourth-order valence-corrected chi connectivity index (χ4v) is 2.41. The number of carboxylic acids is 1. The largest absolute Gasteiger partial charge is 0.481 e. The van der Waals surface area contributed by atoms with E-state index in [1.165, 1.54) is 0 Å². The maximum absolute atomic E-state index is 11.1. The van der Waals surface area contributed by atoms with Gasteiger partial charge in [0.15, 0.2) is 11.6 Å². The Morgan fingerprint density at radius 3 is 2.75 bits per heavy atom. The van der Waals surface area contributed by atoms with Crippen molar-refractivity contribution in [3.63, 3.8) is 0 Å². The molecule has 0 bridgehead atoms. The van der Waals surface area contributed by atoms with Crippen molar-refractivity contribution in [1.82, 2.24) is 19.7 Å². The van der Waals surface area contributed by atoms with E-state index in [9.17, 15) is 4.79 Å². The lowest BCUT2D eigenvalue weighted by atomic mass is 9.98. The summed E-state index contributed by atoms with van der Waals surface area (Å²) in [4.78, 5) is 17.0. The first-order chi connectivity index (χ1) is 9.74. The third-order valence-electron chi connectivity index (χ3n) is 3.50. The second-order valence-electron chi connectivity index (χ2n) is 4.84. The Balaban J connectivity index is 1.76. The Kier molecular flexibility index (Phi) is 3.32. The van der Waals surface area contributed by atoms with E-state index in [1.54, 1.807) is 23.3 Å². The molecule has 1 unspecified atom stereocenters. The summed E-state index contributed by atoms with van der Waals surface area (Å²) in [5.41, 5.74) is 0. The van der Waals surface area contributed by atoms with Crippen LogP contribution < -0.4 is 4.90 Å². The summed E-state index contributed by atoms with van der Waals surface area (Å²) in [6.07, 6.45) is 6.72. The molecule has 2 aromatic heterocycles. The van der Waals surface area contributed by atoms with Crippen molar-refractivity contribution in [3.05, 3.63) is 30.9 Å². The molecule has 2 aromatic rings. The van der Waals surface area contributed by atoms with Crippen LogP contribution >= 0.6 is 0 Å². The van der Waals surface area contributed by atoms with Crippen LogP contribution in [0.25, 0.3) is 5.82 Å². The quantitative estimate of drug-likeness (QED) is 0.896. The van der Waals surface area contributed by atoms with E-state index in [4.69, 9.17) is 5.11 Å². The molecular weight excluding hydrogens is 258 g/mol. The molecule has 0 saturated carbocycles. The van der Waals surface area contributed by atoms with Crippen LogP contribution in [0.2, 0.25) is 0 Å². The van der Waals surface area contributed by atoms with Crippen LogP contribution in [0, 0.1) is 5.92 Å². The van der Waals surface area contributed by atoms with Crippen LogP contribution in [0.5, 0.6) is 0 Å². The molecule has 20 heavy (non-hydrogen) atoms. The van der Waals surface area contributed by atoms with Crippen molar-refractivity contribution in [2.75, 3.05) is 18.0 Å². The molecular formula is C13H15N5O2. The fraction of sp³-hybridized carbons (Fsp3) is 0.385. The van der Waals surface area contributed by atoms with Gasteiger partial charge in [-0.3, -0.25) is 9.36 Å². The van der Waals surface area contributed by atoms with Gasteiger partial charge >= 0.3 is 5.97 Å². The number of anilines is 1. The first-order valence-corrected chi connectivity index (χ1v) is 6.54. The highest BCUT2D eigenvalue weighted by Gasteiger charge is 2.26. The van der Waals surface area contributed by atoms with Gasteiger partial charge in [-0.05, 0) is 25.0 Å². The van der Waals surface area contributed by atoms with Crippen LogP contribution in [-0.2, 0) is 4.79 Å². The Labute approximate surface area is 115 Å². The Morgan fingerprint density at radius 2 is 2.10 bits per heavy atom. The van der Waals surface area contributed by atoms with Gasteiger partial charge in [-0.15, -0.1) is 10.2 Å². The summed E-state index contributed by atoms with van der Waals surface area (Å²) in [7, 11) is 0. The highest BCUT2D eigenvalue weighted by atomic mass is 16.4. The topological polar surface area (TPSA) is 84.1 Å². The number of carboxylic acid groups (broad SMARTS) is 1. The van der Waals surface area contributed by atoms with Gasteiger partial charge in [0.2, 0.25) is 0 Å². The molecule has 104 valence electrons. The Hall–Kier alpha value is -2.44. The SMILES string of the molecule is O=C(O)C1CCCN(c2ccc(-n3ccnc3)nn2)C1. The number of hydrogen-bond acceptors (Lipinski definition) is 5. The lowest BCUT2D eigenvalue weighted by molar-refractivity contribution is -0.141. The number of rotatable bonds is 3. The van der Waals surface area contributed by atoms with Crippen LogP contribution in [0.4, 0.5) is 5.82 Å². The summed E-state index contributed by atoms with van der Waals surface area (Å²) < 4.78 is 1.77. The zero-order chi connectivity index (χ0) is 13.9. The van der Waals surface area contributed by atoms with Crippen molar-refractivity contribution in [3.8, 4) is 5.82 Å². The summed E-state index contributed by atoms with van der Waals surface area (Å²) in [6.45, 7) is 1.32. The minimum atomic E-state index is -0.738. The van der Waals surface area contributed by atoms with Crippen LogP contribution in [0.15, 0.2) is 30.9 Å². The van der Waals surface area contributed by atoms with E-state index >= 15 is 0 Å². The van der Waals surface area contributed by atoms with Gasteiger partial charge in [-0.2, -0.15) is 0 Å². The van der Waals surface area contributed by atoms with Crippen molar-refractivity contribution in [1.29, 1.82) is 0 Å². The molecule has 0 aliphatic carbocycles. The maximum atomic E-state index is 11.1. The molecule has 1 saturated heterocycles. The third kappa shape index (κ3) is 2.47. The lowest BCUT2D eigenvalue weighted by Gasteiger charge is -2.31. The van der Waals surface area contributed by atoms with Crippen LogP contribution in [-0.4, -0.2) is 43.9 Å². The molecule has 1 fully saturated rings. The Morgan fingerprint density at radius 1 is 1.30 bits per heavy atom. The monoisotopic (exact) mass is 273 g/mol. The van der Waals surface area contributed by atoms with Crippen molar-refractivity contribution >= 4 is 11.8 Å². The Bertz CT molecular complexity index is 581. The molecule has 1 aliphatic rings. The zero-order valence-corrected chi connectivity index (χ0v) is 10.9. The van der Waals surface area contributed by atoms with E-state index < -0.39 is 5.97 Å². The lowest BCUT2D eigenvalue weighted by Crippen LogP contribution is -2.39. The predicted octanol–water partition coefficient (Wildman–Crippen LogP) is 0.963. The van der Waals surface area contributed by atoms with Gasteiger partial charge in [0.1, 0.15) is 6.33 Å². The average molecular weight is 273 g/mol. The minimum absolute atomic E-state index is 0.320. The summed E-state index contributed by atoms with van der Waals surface area (Å²) in [5.74, 6) is 0.356. The molecule has 0 amide bonds. The van der Waals surface area contributed by atoms with Gasteiger partial charge in [-0.1, -0.05) is 0 Å². The highest BCUT2D eigenvalue weighted by Crippen LogP contribution is 2.21.